The highest BCUT2D eigenvalue weighted by Gasteiger charge is 2.45. The van der Waals surface area contributed by atoms with Crippen molar-refractivity contribution in [2.45, 2.75) is 91.1 Å². The minimum absolute atomic E-state index is 0. The minimum atomic E-state index is 0. The molecular weight excluding hydrogens is 294 g/mol. The highest BCUT2D eigenvalue weighted by Crippen LogP contribution is 2.40. The third kappa shape index (κ3) is 8.74. The van der Waals surface area contributed by atoms with Crippen LogP contribution in [0.25, 0.3) is 0 Å². The van der Waals surface area contributed by atoms with Crippen molar-refractivity contribution in [3.8, 4) is 0 Å². The predicted octanol–water partition coefficient (Wildman–Crippen LogP) is 0.851. The minimum Gasteiger partial charge on any atom is -1.00 e. The summed E-state index contributed by atoms with van der Waals surface area (Å²) in [6, 6.07) is 0. The van der Waals surface area contributed by atoms with Crippen LogP contribution < -0.4 is 17.3 Å². The van der Waals surface area contributed by atoms with E-state index in [2.05, 4.69) is 27.7 Å². The smallest absolute Gasteiger partial charge is 0.0916 e. The molecule has 0 saturated carbocycles. The van der Waals surface area contributed by atoms with E-state index in [4.69, 9.17) is 4.74 Å². The summed E-state index contributed by atoms with van der Waals surface area (Å²) < 4.78 is 5.76. The fourth-order valence-electron chi connectivity index (χ4n) is 3.48. The lowest BCUT2D eigenvalue weighted by Gasteiger charge is -2.22. The first-order valence-corrected chi connectivity index (χ1v) is 9.63. The zero-order valence-electron chi connectivity index (χ0n) is 15.6. The summed E-state index contributed by atoms with van der Waals surface area (Å²) in [6.45, 7) is 14.1. The van der Waals surface area contributed by atoms with Crippen molar-refractivity contribution in [3.05, 3.63) is 0 Å². The van der Waals surface area contributed by atoms with Gasteiger partial charge in [-0.15, -0.1) is 0 Å². The van der Waals surface area contributed by atoms with E-state index in [0.29, 0.717) is 0 Å². The van der Waals surface area contributed by atoms with E-state index in [-0.39, 0.29) is 18.0 Å². The molecule has 1 fully saturated rings. The third-order valence-corrected chi connectivity index (χ3v) is 5.45. The first kappa shape index (κ1) is 22.2. The van der Waals surface area contributed by atoms with Crippen molar-refractivity contribution in [1.82, 2.24) is 0 Å². The molecule has 1 aliphatic heterocycles. The van der Waals surface area contributed by atoms with Crippen molar-refractivity contribution in [2.24, 2.45) is 5.92 Å². The van der Waals surface area contributed by atoms with Gasteiger partial charge in [0.05, 0.1) is 31.8 Å². The van der Waals surface area contributed by atoms with Crippen LogP contribution in [-0.4, -0.2) is 31.8 Å². The van der Waals surface area contributed by atoms with Crippen molar-refractivity contribution in [3.63, 3.8) is 0 Å². The van der Waals surface area contributed by atoms with Crippen LogP contribution in [0.4, 0.5) is 0 Å². The lowest BCUT2D eigenvalue weighted by molar-refractivity contribution is -0.896. The number of hydrogen-bond acceptors (Lipinski definition) is 1. The molecule has 134 valence electrons. The maximum Gasteiger partial charge on any atom is 0.0916 e. The highest BCUT2D eigenvalue weighted by atomic mass is 35.5. The molecule has 0 amide bonds. The van der Waals surface area contributed by atoms with Crippen LogP contribution in [-0.2, 0) is 4.74 Å². The van der Waals surface area contributed by atoms with Gasteiger partial charge < -0.3 is 22.0 Å². The summed E-state index contributed by atoms with van der Waals surface area (Å²) in [5.41, 5.74) is 0.238. The number of rotatable bonds is 14. The van der Waals surface area contributed by atoms with Crippen molar-refractivity contribution in [2.75, 3.05) is 26.2 Å². The number of nitrogens with one attached hydrogen (secondary N) is 1. The first-order valence-electron chi connectivity index (χ1n) is 9.63. The molecule has 0 bridgehead atoms. The highest BCUT2D eigenvalue weighted by molar-refractivity contribution is 4.93. The van der Waals surface area contributed by atoms with Crippen molar-refractivity contribution in [1.29, 1.82) is 0 Å². The van der Waals surface area contributed by atoms with E-state index in [1.54, 1.807) is 4.90 Å². The molecule has 1 rings (SSSR count). The molecule has 0 radical (unpaired) electrons. The first-order chi connectivity index (χ1) is 10.2. The van der Waals surface area contributed by atoms with Crippen LogP contribution in [0.15, 0.2) is 0 Å². The van der Waals surface area contributed by atoms with E-state index >= 15 is 0 Å². The summed E-state index contributed by atoms with van der Waals surface area (Å²) in [7, 11) is 0. The van der Waals surface area contributed by atoms with Gasteiger partial charge in [0, 0.05) is 0 Å². The Morgan fingerprint density at radius 3 is 2.00 bits per heavy atom. The van der Waals surface area contributed by atoms with Crippen molar-refractivity contribution >= 4 is 0 Å². The van der Waals surface area contributed by atoms with Crippen LogP contribution in [0.5, 0.6) is 0 Å². The Morgan fingerprint density at radius 1 is 0.909 bits per heavy atom. The maximum absolute atomic E-state index is 5.76. The summed E-state index contributed by atoms with van der Waals surface area (Å²) in [5.74, 6) is 0.804. The third-order valence-electron chi connectivity index (χ3n) is 5.45. The van der Waals surface area contributed by atoms with Gasteiger partial charge in [-0.3, -0.25) is 0 Å². The average Bonchev–Trinajstić information content (AvgIpc) is 3.23. The monoisotopic (exact) mass is 333 g/mol. The Labute approximate surface area is 145 Å². The number of ether oxygens (including phenoxy) is 1. The molecule has 2 atom stereocenters. The lowest BCUT2D eigenvalue weighted by Crippen LogP contribution is -3.11. The normalized spacial score (nSPS) is 21.7. The summed E-state index contributed by atoms with van der Waals surface area (Å²) in [5, 5.41) is 0. The largest absolute Gasteiger partial charge is 1.00 e. The molecule has 22 heavy (non-hydrogen) atoms. The Kier molecular flexibility index (Phi) is 12.7. The molecule has 2 unspecified atom stereocenters. The summed E-state index contributed by atoms with van der Waals surface area (Å²) in [4.78, 5) is 1.75. The van der Waals surface area contributed by atoms with Gasteiger partial charge in [-0.2, -0.15) is 0 Å². The quantitative estimate of drug-likeness (QED) is 0.368. The molecule has 0 aliphatic carbocycles. The van der Waals surface area contributed by atoms with Gasteiger partial charge in [-0.05, 0) is 46.0 Å². The predicted molar refractivity (Wildman–Crippen MR) is 92.0 cm³/mol. The number of hydrogen-bond donors (Lipinski definition) is 1. The van der Waals surface area contributed by atoms with E-state index in [9.17, 15) is 0 Å². The Morgan fingerprint density at radius 2 is 1.45 bits per heavy atom. The molecule has 2 nitrogen and oxygen atoms in total. The maximum atomic E-state index is 5.76. The van der Waals surface area contributed by atoms with Gasteiger partial charge in [-0.25, -0.2) is 0 Å². The van der Waals surface area contributed by atoms with Gasteiger partial charge in [0.25, 0.3) is 0 Å². The number of unbranched alkanes of at least 4 members (excludes halogenated alkanes) is 5. The van der Waals surface area contributed by atoms with Crippen LogP contribution in [0.1, 0.15) is 85.5 Å². The Bertz CT molecular complexity index is 252. The van der Waals surface area contributed by atoms with Gasteiger partial charge >= 0.3 is 0 Å². The molecule has 0 aromatic rings. The molecule has 1 heterocycles. The zero-order chi connectivity index (χ0) is 15.6. The molecule has 1 aliphatic rings. The van der Waals surface area contributed by atoms with E-state index in [1.807, 2.05) is 0 Å². The molecular formula is C19H40ClNO. The average molecular weight is 334 g/mol. The second kappa shape index (κ2) is 12.6. The van der Waals surface area contributed by atoms with Crippen LogP contribution in [0, 0.1) is 5.92 Å². The SMILES string of the molecule is CCCCCCCCC(CCC[NH+](CC)CC)C1(C)CO1.[Cl-]. The summed E-state index contributed by atoms with van der Waals surface area (Å²) >= 11 is 0. The number of epoxide rings is 1. The van der Waals surface area contributed by atoms with Gasteiger partial charge in [-0.1, -0.05) is 45.4 Å². The zero-order valence-corrected chi connectivity index (χ0v) is 16.3. The van der Waals surface area contributed by atoms with Crippen LogP contribution >= 0.6 is 0 Å². The van der Waals surface area contributed by atoms with E-state index < -0.39 is 0 Å². The molecule has 0 aromatic heterocycles. The Balaban J connectivity index is 0.00000441. The topological polar surface area (TPSA) is 17.0 Å². The van der Waals surface area contributed by atoms with Gasteiger partial charge in [0.15, 0.2) is 0 Å². The second-order valence-corrected chi connectivity index (χ2v) is 7.20. The second-order valence-electron chi connectivity index (χ2n) is 7.20. The van der Waals surface area contributed by atoms with Gasteiger partial charge in [0.2, 0.25) is 0 Å². The molecule has 1 N–H and O–H groups in total. The molecule has 0 aromatic carbocycles. The van der Waals surface area contributed by atoms with Gasteiger partial charge in [0.1, 0.15) is 0 Å². The molecule has 0 spiro atoms. The lowest BCUT2D eigenvalue weighted by atomic mass is 9.85. The van der Waals surface area contributed by atoms with E-state index in [1.165, 1.54) is 77.4 Å². The molecule has 3 heteroatoms. The van der Waals surface area contributed by atoms with Crippen molar-refractivity contribution < 1.29 is 22.0 Å². The summed E-state index contributed by atoms with van der Waals surface area (Å²) in [6.07, 6.45) is 12.6. The molecule has 1 saturated heterocycles. The van der Waals surface area contributed by atoms with Crippen LogP contribution in [0.2, 0.25) is 0 Å². The van der Waals surface area contributed by atoms with Crippen LogP contribution in [0.3, 0.4) is 0 Å². The number of quaternary nitrogens is 1. The van der Waals surface area contributed by atoms with E-state index in [0.717, 1.165) is 12.5 Å². The number of halogens is 1. The fraction of sp³-hybridized carbons (Fsp3) is 1.00. The fourth-order valence-corrected chi connectivity index (χ4v) is 3.48. The standard InChI is InChI=1S/C19H39NO.ClH/c1-5-8-9-10-11-12-14-18(19(4)17-21-19)15-13-16-20(6-2)7-3;/h18H,5-17H2,1-4H3;1H. The Hall–Kier alpha value is 0.210.